The molecule has 2 heteroatoms. The third-order valence-electron chi connectivity index (χ3n) is 4.55. The lowest BCUT2D eigenvalue weighted by Gasteiger charge is -2.15. The Bertz CT molecular complexity index is 996. The molecule has 0 saturated heterocycles. The predicted octanol–water partition coefficient (Wildman–Crippen LogP) is 5.45. The molecule has 4 rings (SSSR count). The first kappa shape index (κ1) is 15.6. The highest BCUT2D eigenvalue weighted by Gasteiger charge is 2.24. The first-order chi connectivity index (χ1) is 12.1. The van der Waals surface area contributed by atoms with E-state index >= 15 is 0 Å². The van der Waals surface area contributed by atoms with Crippen molar-refractivity contribution in [1.29, 1.82) is 0 Å². The summed E-state index contributed by atoms with van der Waals surface area (Å²) in [5, 5.41) is 2.25. The number of rotatable bonds is 3. The standard InChI is InChI=1S/C23H20O2/c1-15(2)25-22-12-11-16-7-3-5-9-19(16)21(22)14-18-13-17-8-4-6-10-20(17)23(18)24/h3-12,14-15H,13H2,1-2H3/b18-14+. The van der Waals surface area contributed by atoms with Crippen molar-refractivity contribution in [2.24, 2.45) is 0 Å². The van der Waals surface area contributed by atoms with Gasteiger partial charge in [0.25, 0.3) is 0 Å². The summed E-state index contributed by atoms with van der Waals surface area (Å²) in [6.07, 6.45) is 2.77. The molecule has 1 aliphatic carbocycles. The third-order valence-corrected chi connectivity index (χ3v) is 4.55. The van der Waals surface area contributed by atoms with E-state index in [0.29, 0.717) is 6.42 Å². The van der Waals surface area contributed by atoms with Gasteiger partial charge < -0.3 is 4.74 Å². The van der Waals surface area contributed by atoms with E-state index in [1.165, 1.54) is 0 Å². The zero-order chi connectivity index (χ0) is 17.4. The molecule has 2 nitrogen and oxygen atoms in total. The maximum Gasteiger partial charge on any atom is 0.189 e. The normalized spacial score (nSPS) is 15.2. The van der Waals surface area contributed by atoms with E-state index in [0.717, 1.165) is 38.8 Å². The Morgan fingerprint density at radius 1 is 0.960 bits per heavy atom. The summed E-state index contributed by atoms with van der Waals surface area (Å²) in [6.45, 7) is 4.03. The van der Waals surface area contributed by atoms with E-state index < -0.39 is 0 Å². The second-order valence-corrected chi connectivity index (χ2v) is 6.70. The van der Waals surface area contributed by atoms with Gasteiger partial charge in [0, 0.05) is 23.1 Å². The fourth-order valence-electron chi connectivity index (χ4n) is 3.43. The van der Waals surface area contributed by atoms with Crippen molar-refractivity contribution in [1.82, 2.24) is 0 Å². The molecule has 0 heterocycles. The SMILES string of the molecule is CC(C)Oc1ccc2ccccc2c1/C=C1\Cc2ccccc2C1=O. The van der Waals surface area contributed by atoms with Gasteiger partial charge in [0.1, 0.15) is 5.75 Å². The maximum absolute atomic E-state index is 12.8. The van der Waals surface area contributed by atoms with Crippen LogP contribution in [0.4, 0.5) is 0 Å². The van der Waals surface area contributed by atoms with Gasteiger partial charge in [0.2, 0.25) is 0 Å². The zero-order valence-electron chi connectivity index (χ0n) is 14.5. The lowest BCUT2D eigenvalue weighted by atomic mass is 10.00. The average Bonchev–Trinajstić information content (AvgIpc) is 2.93. The van der Waals surface area contributed by atoms with Crippen LogP contribution in [0.25, 0.3) is 16.8 Å². The quantitative estimate of drug-likeness (QED) is 0.598. The van der Waals surface area contributed by atoms with Crippen molar-refractivity contribution in [3.8, 4) is 5.75 Å². The third kappa shape index (κ3) is 2.85. The van der Waals surface area contributed by atoms with Gasteiger partial charge in [-0.25, -0.2) is 0 Å². The number of benzene rings is 3. The largest absolute Gasteiger partial charge is 0.490 e. The molecule has 0 radical (unpaired) electrons. The van der Waals surface area contributed by atoms with Crippen LogP contribution in [0.2, 0.25) is 0 Å². The molecule has 0 fully saturated rings. The molecule has 0 spiro atoms. The van der Waals surface area contributed by atoms with Crippen LogP contribution in [0, 0.1) is 0 Å². The number of carbonyl (C=O) groups is 1. The van der Waals surface area contributed by atoms with E-state index in [2.05, 4.69) is 18.2 Å². The Kier molecular flexibility index (Phi) is 3.89. The minimum atomic E-state index is 0.0785. The highest BCUT2D eigenvalue weighted by Crippen LogP contribution is 2.34. The lowest BCUT2D eigenvalue weighted by molar-refractivity contribution is 0.104. The highest BCUT2D eigenvalue weighted by atomic mass is 16.5. The van der Waals surface area contributed by atoms with Gasteiger partial charge in [-0.1, -0.05) is 54.6 Å². The van der Waals surface area contributed by atoms with Crippen LogP contribution in [0.5, 0.6) is 5.75 Å². The van der Waals surface area contributed by atoms with E-state index in [-0.39, 0.29) is 11.9 Å². The van der Waals surface area contributed by atoms with E-state index in [1.807, 2.05) is 62.4 Å². The number of hydrogen-bond donors (Lipinski definition) is 0. The summed E-state index contributed by atoms with van der Waals surface area (Å²) in [6, 6.07) is 20.1. The molecular formula is C23H20O2. The van der Waals surface area contributed by atoms with Crippen LogP contribution in [-0.2, 0) is 6.42 Å². The molecule has 0 bridgehead atoms. The number of ketones is 1. The molecule has 0 aliphatic heterocycles. The molecule has 25 heavy (non-hydrogen) atoms. The van der Waals surface area contributed by atoms with Gasteiger partial charge in [-0.3, -0.25) is 4.79 Å². The molecule has 124 valence electrons. The number of allylic oxidation sites excluding steroid dienone is 1. The summed E-state index contributed by atoms with van der Waals surface area (Å²) in [5.74, 6) is 0.948. The molecule has 0 aromatic heterocycles. The Labute approximate surface area is 147 Å². The Hall–Kier alpha value is -2.87. The molecular weight excluding hydrogens is 308 g/mol. The molecule has 0 unspecified atom stereocenters. The Balaban J connectivity index is 1.87. The molecule has 3 aromatic rings. The van der Waals surface area contributed by atoms with Gasteiger partial charge in [-0.05, 0) is 42.3 Å². The summed E-state index contributed by atoms with van der Waals surface area (Å²) < 4.78 is 6.02. The second kappa shape index (κ2) is 6.21. The van der Waals surface area contributed by atoms with Crippen molar-refractivity contribution in [3.05, 3.63) is 82.9 Å². The first-order valence-electron chi connectivity index (χ1n) is 8.65. The highest BCUT2D eigenvalue weighted by molar-refractivity contribution is 6.16. The molecule has 0 amide bonds. The monoisotopic (exact) mass is 328 g/mol. The second-order valence-electron chi connectivity index (χ2n) is 6.70. The fourth-order valence-corrected chi connectivity index (χ4v) is 3.43. The average molecular weight is 328 g/mol. The predicted molar refractivity (Wildman–Crippen MR) is 102 cm³/mol. The Morgan fingerprint density at radius 2 is 1.72 bits per heavy atom. The van der Waals surface area contributed by atoms with Crippen LogP contribution in [0.1, 0.15) is 35.3 Å². The smallest absolute Gasteiger partial charge is 0.189 e. The van der Waals surface area contributed by atoms with Crippen molar-refractivity contribution >= 4 is 22.6 Å². The van der Waals surface area contributed by atoms with E-state index in [4.69, 9.17) is 4.74 Å². The minimum Gasteiger partial charge on any atom is -0.490 e. The van der Waals surface area contributed by atoms with Gasteiger partial charge >= 0.3 is 0 Å². The molecule has 0 atom stereocenters. The van der Waals surface area contributed by atoms with Crippen molar-refractivity contribution in [2.75, 3.05) is 0 Å². The maximum atomic E-state index is 12.8. The van der Waals surface area contributed by atoms with Crippen LogP contribution >= 0.6 is 0 Å². The number of hydrogen-bond acceptors (Lipinski definition) is 2. The number of carbonyl (C=O) groups excluding carboxylic acids is 1. The zero-order valence-corrected chi connectivity index (χ0v) is 14.5. The Morgan fingerprint density at radius 3 is 2.52 bits per heavy atom. The van der Waals surface area contributed by atoms with Crippen LogP contribution in [0.15, 0.2) is 66.2 Å². The van der Waals surface area contributed by atoms with E-state index in [1.54, 1.807) is 0 Å². The molecule has 0 saturated carbocycles. The first-order valence-corrected chi connectivity index (χ1v) is 8.65. The summed E-state index contributed by atoms with van der Waals surface area (Å²) in [5.41, 5.74) is 3.74. The number of Topliss-reactive ketones (excluding diaryl/α,β-unsaturated/α-hetero) is 1. The summed E-state index contributed by atoms with van der Waals surface area (Å²) in [4.78, 5) is 12.8. The molecule has 1 aliphatic rings. The van der Waals surface area contributed by atoms with Crippen molar-refractivity contribution in [2.45, 2.75) is 26.4 Å². The molecule has 3 aromatic carbocycles. The topological polar surface area (TPSA) is 26.3 Å². The van der Waals surface area contributed by atoms with Crippen molar-refractivity contribution in [3.63, 3.8) is 0 Å². The van der Waals surface area contributed by atoms with Gasteiger partial charge in [-0.15, -0.1) is 0 Å². The lowest BCUT2D eigenvalue weighted by Crippen LogP contribution is -2.07. The van der Waals surface area contributed by atoms with Gasteiger partial charge in [0.15, 0.2) is 5.78 Å². The summed E-state index contributed by atoms with van der Waals surface area (Å²) >= 11 is 0. The number of fused-ring (bicyclic) bond motifs is 2. The fraction of sp³-hybridized carbons (Fsp3) is 0.174. The van der Waals surface area contributed by atoms with Crippen LogP contribution in [-0.4, -0.2) is 11.9 Å². The van der Waals surface area contributed by atoms with Crippen LogP contribution in [0.3, 0.4) is 0 Å². The van der Waals surface area contributed by atoms with Gasteiger partial charge in [-0.2, -0.15) is 0 Å². The minimum absolute atomic E-state index is 0.0785. The van der Waals surface area contributed by atoms with Crippen LogP contribution < -0.4 is 4.74 Å². The number of ether oxygens (including phenoxy) is 1. The summed E-state index contributed by atoms with van der Waals surface area (Å²) in [7, 11) is 0. The van der Waals surface area contributed by atoms with E-state index in [9.17, 15) is 4.79 Å². The molecule has 0 N–H and O–H groups in total. The van der Waals surface area contributed by atoms with Crippen molar-refractivity contribution < 1.29 is 9.53 Å². The van der Waals surface area contributed by atoms with Gasteiger partial charge in [0.05, 0.1) is 6.10 Å².